The van der Waals surface area contributed by atoms with Crippen LogP contribution in [-0.2, 0) is 30.3 Å². The maximum absolute atomic E-state index is 14.8. The van der Waals surface area contributed by atoms with Crippen LogP contribution < -0.4 is 31.6 Å². The summed E-state index contributed by atoms with van der Waals surface area (Å²) in [5.41, 5.74) is 3.99. The van der Waals surface area contributed by atoms with Gasteiger partial charge in [-0.05, 0) is 82.6 Å². The smallest absolute Gasteiger partial charge is 0.406 e. The minimum atomic E-state index is -4.48. The Labute approximate surface area is 410 Å². The minimum Gasteiger partial charge on any atom is -0.494 e. The highest BCUT2D eigenvalue weighted by Gasteiger charge is 2.31. The quantitative estimate of drug-likeness (QED) is 0.0126. The predicted molar refractivity (Wildman–Crippen MR) is 264 cm³/mol. The fraction of sp³-hybridized carbons (Fsp3) is 0.431. The van der Waals surface area contributed by atoms with E-state index < -0.39 is 24.9 Å². The Bertz CT molecular complexity index is 2670. The van der Waals surface area contributed by atoms with Crippen molar-refractivity contribution < 1.29 is 50.6 Å². The number of amides is 1. The number of aryl methyl sites for hydroxylation is 2. The molecule has 5 N–H and O–H groups in total. The number of alkyl halides is 4. The van der Waals surface area contributed by atoms with Gasteiger partial charge in [-0.15, -0.1) is 0 Å². The number of aromatic amines is 1. The van der Waals surface area contributed by atoms with Gasteiger partial charge in [0.15, 0.2) is 6.61 Å². The van der Waals surface area contributed by atoms with Crippen LogP contribution in [0.2, 0.25) is 0 Å². The number of halogens is 4. The van der Waals surface area contributed by atoms with E-state index in [0.717, 1.165) is 15.7 Å². The lowest BCUT2D eigenvalue weighted by Crippen LogP contribution is -2.46. The fourth-order valence-electron chi connectivity index (χ4n) is 7.81. The van der Waals surface area contributed by atoms with Crippen LogP contribution in [0.25, 0.3) is 22.0 Å². The zero-order valence-corrected chi connectivity index (χ0v) is 40.4. The lowest BCUT2D eigenvalue weighted by atomic mass is 10.0. The molecular weight excluding hydrogens is 929 g/mol. The van der Waals surface area contributed by atoms with Crippen LogP contribution >= 0.6 is 0 Å². The first-order chi connectivity index (χ1) is 34.2. The maximum Gasteiger partial charge on any atom is 0.406 e. The zero-order valence-electron chi connectivity index (χ0n) is 40.4. The number of hydrogen-bond acceptors (Lipinski definition) is 13. The van der Waals surface area contributed by atoms with Crippen molar-refractivity contribution in [3.63, 3.8) is 0 Å². The molecule has 0 radical (unpaired) electrons. The van der Waals surface area contributed by atoms with Crippen molar-refractivity contribution >= 4 is 33.9 Å². The average Bonchev–Trinajstić information content (AvgIpc) is 3.86. The second-order valence-electron chi connectivity index (χ2n) is 16.8. The van der Waals surface area contributed by atoms with Gasteiger partial charge >= 0.3 is 6.18 Å². The van der Waals surface area contributed by atoms with Gasteiger partial charge in [0.1, 0.15) is 42.3 Å². The highest BCUT2D eigenvalue weighted by Crippen LogP contribution is 2.32. The van der Waals surface area contributed by atoms with Crippen LogP contribution in [0.4, 0.5) is 34.6 Å². The van der Waals surface area contributed by atoms with Crippen LogP contribution in [0.5, 0.6) is 5.75 Å². The Hall–Kier alpha value is -6.63. The molecule has 4 heterocycles. The Morgan fingerprint density at radius 2 is 1.77 bits per heavy atom. The summed E-state index contributed by atoms with van der Waals surface area (Å²) in [6.07, 6.45) is -0.111. The SMILES string of the molecule is C=C/C=C(/OCCOCCOCCOCCNC(=O)COc1cccc(Nc2cc(-c3c(C)noc3C)c[nH]c2=O)c1)C(C)NCC#Cc1cc2c(N[C@@H]3CCN(C)C[C@@H]3F)cccc2n1CC(F)(F)F. The first kappa shape index (κ1) is 53.7. The van der Waals surface area contributed by atoms with Crippen LogP contribution in [0.3, 0.4) is 0 Å². The van der Waals surface area contributed by atoms with Gasteiger partial charge in [-0.2, -0.15) is 13.2 Å². The number of carbonyl (C=O) groups is 1. The van der Waals surface area contributed by atoms with Crippen molar-refractivity contribution in [1.29, 1.82) is 0 Å². The number of anilines is 3. The first-order valence-corrected chi connectivity index (χ1v) is 23.3. The molecule has 0 saturated carbocycles. The van der Waals surface area contributed by atoms with Crippen LogP contribution in [0, 0.1) is 25.7 Å². The van der Waals surface area contributed by atoms with Crippen LogP contribution in [-0.4, -0.2) is 136 Å². The van der Waals surface area contributed by atoms with Gasteiger partial charge in [-0.1, -0.05) is 35.9 Å². The Kier molecular flexibility index (Phi) is 20.1. The van der Waals surface area contributed by atoms with E-state index in [1.165, 1.54) is 0 Å². The molecule has 382 valence electrons. The number of likely N-dealkylation sites (tertiary alicyclic amines) is 1. The molecule has 1 aliphatic rings. The summed E-state index contributed by atoms with van der Waals surface area (Å²) in [6.45, 7) is 11.4. The molecule has 1 unspecified atom stereocenters. The molecule has 3 aromatic heterocycles. The monoisotopic (exact) mass is 990 g/mol. The third kappa shape index (κ3) is 16.5. The Morgan fingerprint density at radius 3 is 2.49 bits per heavy atom. The molecular formula is C51H62F4N8O8. The molecule has 0 aliphatic carbocycles. The van der Waals surface area contributed by atoms with Crippen molar-refractivity contribution in [1.82, 2.24) is 30.2 Å². The zero-order chi connectivity index (χ0) is 50.8. The van der Waals surface area contributed by atoms with Gasteiger partial charge in [0, 0.05) is 59.8 Å². The van der Waals surface area contributed by atoms with Gasteiger partial charge in [0.2, 0.25) is 0 Å². The second kappa shape index (κ2) is 26.5. The van der Waals surface area contributed by atoms with Crippen molar-refractivity contribution in [3.05, 3.63) is 113 Å². The number of carbonyl (C=O) groups excluding carboxylic acids is 1. The molecule has 3 atom stereocenters. The van der Waals surface area contributed by atoms with E-state index in [9.17, 15) is 27.2 Å². The number of H-pyrrole nitrogens is 1. The number of nitrogens with zero attached hydrogens (tertiary/aromatic N) is 3. The predicted octanol–water partition coefficient (Wildman–Crippen LogP) is 7.02. The topological polar surface area (TPSA) is 178 Å². The molecule has 2 aromatic carbocycles. The number of fused-ring (bicyclic) bond motifs is 1. The molecule has 71 heavy (non-hydrogen) atoms. The summed E-state index contributed by atoms with van der Waals surface area (Å²) >= 11 is 0. The Balaban J connectivity index is 0.818. The highest BCUT2D eigenvalue weighted by atomic mass is 19.4. The van der Waals surface area contributed by atoms with Crippen molar-refractivity contribution in [2.45, 2.75) is 58.2 Å². The number of aromatic nitrogens is 3. The molecule has 16 nitrogen and oxygen atoms in total. The molecule has 0 bridgehead atoms. The summed E-state index contributed by atoms with van der Waals surface area (Å²) in [7, 11) is 1.86. The second-order valence-corrected chi connectivity index (χ2v) is 16.8. The fourth-order valence-corrected chi connectivity index (χ4v) is 7.81. The summed E-state index contributed by atoms with van der Waals surface area (Å²) < 4.78 is 90.8. The molecule has 5 aromatic rings. The highest BCUT2D eigenvalue weighted by molar-refractivity contribution is 5.94. The number of pyridine rings is 1. The molecule has 6 rings (SSSR count). The lowest BCUT2D eigenvalue weighted by Gasteiger charge is -2.33. The third-order valence-electron chi connectivity index (χ3n) is 11.3. The van der Waals surface area contributed by atoms with Gasteiger partial charge in [-0.25, -0.2) is 4.39 Å². The van der Waals surface area contributed by atoms with E-state index in [4.69, 9.17) is 28.2 Å². The number of allylic oxidation sites excluding steroid dienone is 2. The molecule has 1 fully saturated rings. The maximum atomic E-state index is 14.8. The molecule has 0 spiro atoms. The van der Waals surface area contributed by atoms with E-state index in [-0.39, 0.29) is 69.3 Å². The Morgan fingerprint density at radius 1 is 1.03 bits per heavy atom. The van der Waals surface area contributed by atoms with E-state index >= 15 is 0 Å². The average molecular weight is 991 g/mol. The number of rotatable bonds is 26. The third-order valence-corrected chi connectivity index (χ3v) is 11.3. The number of piperidine rings is 1. The summed E-state index contributed by atoms with van der Waals surface area (Å²) in [5, 5.41) is 16.8. The van der Waals surface area contributed by atoms with Crippen molar-refractivity contribution in [3.8, 4) is 28.7 Å². The lowest BCUT2D eigenvalue weighted by molar-refractivity contribution is -0.140. The van der Waals surface area contributed by atoms with Gasteiger partial charge in [0.05, 0.1) is 75.2 Å². The van der Waals surface area contributed by atoms with E-state index in [1.54, 1.807) is 79.9 Å². The van der Waals surface area contributed by atoms with E-state index in [1.807, 2.05) is 25.8 Å². The standard InChI is InChI=1S/C51H62F4N8O8/c1-6-10-47(34(2)56-17-9-12-39-29-41-43(60-44-16-19-62(5)31-42(44)52)14-8-15-46(41)63(39)33-51(53,54)55)69-26-25-68-24-23-67-22-21-66-20-18-57-48(64)32-70-40-13-7-11-38(28-40)59-45-27-37(30-58-50(45)65)49-35(3)61-71-36(49)4/h6-8,10-11,13-15,27-30,34,42,44,56,59-60H,1,16-26,31-33H2,2-5H3,(H,57,64)(H,58,65)/b47-10+/t34?,42-,44+/m0/s1. The molecule has 20 heteroatoms. The summed E-state index contributed by atoms with van der Waals surface area (Å²) in [6, 6.07) is 14.5. The van der Waals surface area contributed by atoms with Gasteiger partial charge in [-0.3, -0.25) is 14.9 Å². The number of benzene rings is 2. The summed E-state index contributed by atoms with van der Waals surface area (Å²) in [5.74, 6) is 7.19. The molecule has 1 amide bonds. The first-order valence-electron chi connectivity index (χ1n) is 23.3. The molecule has 1 saturated heterocycles. The van der Waals surface area contributed by atoms with Crippen LogP contribution in [0.15, 0.2) is 94.6 Å². The van der Waals surface area contributed by atoms with Crippen LogP contribution in [0.1, 0.15) is 30.5 Å². The van der Waals surface area contributed by atoms with Crippen molar-refractivity contribution in [2.24, 2.45) is 0 Å². The van der Waals surface area contributed by atoms with Gasteiger partial charge in [0.25, 0.3) is 11.5 Å². The summed E-state index contributed by atoms with van der Waals surface area (Å²) in [4.78, 5) is 29.6. The van der Waals surface area contributed by atoms with E-state index in [0.29, 0.717) is 90.3 Å². The number of nitrogens with one attached hydrogen (secondary N) is 5. The largest absolute Gasteiger partial charge is 0.494 e. The normalized spacial score (nSPS) is 15.7. The minimum absolute atomic E-state index is 0.156. The van der Waals surface area contributed by atoms with Crippen molar-refractivity contribution in [2.75, 3.05) is 96.7 Å². The number of ether oxygens (including phenoxy) is 5. The van der Waals surface area contributed by atoms with Gasteiger partial charge < -0.3 is 58.6 Å². The number of hydrogen-bond donors (Lipinski definition) is 5. The van der Waals surface area contributed by atoms with E-state index in [2.05, 4.69) is 49.8 Å². The molecule has 1 aliphatic heterocycles.